The molecule has 6 heteroatoms. The first-order chi connectivity index (χ1) is 14.5. The van der Waals surface area contributed by atoms with E-state index in [0.29, 0.717) is 23.4 Å². The Morgan fingerprint density at radius 2 is 1.57 bits per heavy atom. The van der Waals surface area contributed by atoms with Crippen molar-refractivity contribution >= 4 is 11.8 Å². The minimum atomic E-state index is -1.54. The summed E-state index contributed by atoms with van der Waals surface area (Å²) in [5.74, 6) is 0.590. The number of Topliss-reactive ketones (excluding diaryl/α,β-unsaturated/α-hetero) is 1. The molecule has 4 bridgehead atoms. The molecule has 4 saturated carbocycles. The van der Waals surface area contributed by atoms with Gasteiger partial charge < -0.3 is 5.11 Å². The van der Waals surface area contributed by atoms with E-state index in [2.05, 4.69) is 15.0 Å². The number of ketones is 1. The quantitative estimate of drug-likeness (QED) is 0.709. The van der Waals surface area contributed by atoms with Crippen LogP contribution in [0.25, 0.3) is 0 Å². The van der Waals surface area contributed by atoms with Crippen molar-refractivity contribution < 1.29 is 14.7 Å². The molecule has 2 heterocycles. The molecule has 0 saturated heterocycles. The molecule has 0 radical (unpaired) electrons. The van der Waals surface area contributed by atoms with E-state index in [0.717, 1.165) is 24.8 Å². The first kappa shape index (κ1) is 19.3. The van der Waals surface area contributed by atoms with Gasteiger partial charge in [0.25, 0.3) is 0 Å². The van der Waals surface area contributed by atoms with Gasteiger partial charge in [0.05, 0.1) is 5.69 Å². The summed E-state index contributed by atoms with van der Waals surface area (Å²) in [6.45, 7) is 0. The van der Waals surface area contributed by atoms with Crippen molar-refractivity contribution in [1.82, 2.24) is 15.0 Å². The molecule has 4 fully saturated rings. The van der Waals surface area contributed by atoms with Crippen LogP contribution in [0.1, 0.15) is 49.8 Å². The van der Waals surface area contributed by atoms with Crippen molar-refractivity contribution in [1.29, 1.82) is 0 Å². The van der Waals surface area contributed by atoms with E-state index in [-0.39, 0.29) is 18.6 Å². The summed E-state index contributed by atoms with van der Waals surface area (Å²) in [6, 6.07) is 3.61. The number of aromatic nitrogens is 3. The highest BCUT2D eigenvalue weighted by molar-refractivity contribution is 6.06. The Bertz CT molecular complexity index is 868. The molecule has 1 N–H and O–H groups in total. The monoisotopic (exact) mass is 405 g/mol. The highest BCUT2D eigenvalue weighted by atomic mass is 16.4. The van der Waals surface area contributed by atoms with E-state index in [4.69, 9.17) is 0 Å². The zero-order valence-electron chi connectivity index (χ0n) is 17.0. The van der Waals surface area contributed by atoms with Gasteiger partial charge in [-0.05, 0) is 80.4 Å². The van der Waals surface area contributed by atoms with Crippen molar-refractivity contribution in [3.63, 3.8) is 0 Å². The number of carbonyl (C=O) groups excluding carboxylic acids is 1. The molecule has 1 atom stereocenters. The summed E-state index contributed by atoms with van der Waals surface area (Å²) in [5, 5.41) is 10.5. The van der Waals surface area contributed by atoms with Crippen molar-refractivity contribution in [2.24, 2.45) is 28.6 Å². The fraction of sp³-hybridized carbons (Fsp3) is 0.542. The van der Waals surface area contributed by atoms with Gasteiger partial charge in [-0.2, -0.15) is 0 Å². The molecule has 4 aliphatic rings. The zero-order valence-corrected chi connectivity index (χ0v) is 17.0. The van der Waals surface area contributed by atoms with E-state index in [1.807, 2.05) is 0 Å². The molecular weight excluding hydrogens is 378 g/mol. The van der Waals surface area contributed by atoms with E-state index >= 15 is 0 Å². The van der Waals surface area contributed by atoms with Gasteiger partial charge in [-0.1, -0.05) is 0 Å². The second-order valence-corrected chi connectivity index (χ2v) is 9.82. The predicted octanol–water partition coefficient (Wildman–Crippen LogP) is 3.51. The standard InChI is InChI=1S/C24H27N3O3/c28-21(23-10-17-7-18(11-23)9-19(8-17)12-23)24(22(29)30,13-16-1-3-25-4-2-16)14-20-15-26-5-6-27-20/h1-6,15,17-19H,7-14H2,(H,29,30). The van der Waals surface area contributed by atoms with Crippen LogP contribution in [0.15, 0.2) is 43.1 Å². The molecule has 0 spiro atoms. The number of carboxylic acids is 1. The third-order valence-electron chi connectivity index (χ3n) is 7.72. The van der Waals surface area contributed by atoms with Crippen LogP contribution in [-0.2, 0) is 22.4 Å². The average molecular weight is 405 g/mol. The van der Waals surface area contributed by atoms with Crippen molar-refractivity contribution in [2.75, 3.05) is 0 Å². The normalized spacial score (nSPS) is 31.3. The minimum absolute atomic E-state index is 0.0685. The lowest BCUT2D eigenvalue weighted by molar-refractivity contribution is -0.167. The van der Waals surface area contributed by atoms with Crippen molar-refractivity contribution in [3.8, 4) is 0 Å². The van der Waals surface area contributed by atoms with Crippen LogP contribution >= 0.6 is 0 Å². The number of pyridine rings is 1. The number of aliphatic carboxylic acids is 1. The molecule has 2 aromatic heterocycles. The highest BCUT2D eigenvalue weighted by Gasteiger charge is 2.61. The predicted molar refractivity (Wildman–Crippen MR) is 109 cm³/mol. The number of hydrogen-bond donors (Lipinski definition) is 1. The number of rotatable bonds is 7. The molecule has 6 nitrogen and oxygen atoms in total. The summed E-state index contributed by atoms with van der Waals surface area (Å²) >= 11 is 0. The number of hydrogen-bond acceptors (Lipinski definition) is 5. The number of carbonyl (C=O) groups is 2. The van der Waals surface area contributed by atoms with Gasteiger partial charge in [-0.25, -0.2) is 0 Å². The van der Waals surface area contributed by atoms with Crippen LogP contribution < -0.4 is 0 Å². The van der Waals surface area contributed by atoms with Crippen LogP contribution in [0.2, 0.25) is 0 Å². The maximum absolute atomic E-state index is 14.3. The molecular formula is C24H27N3O3. The number of nitrogens with zero attached hydrogens (tertiary/aromatic N) is 3. The van der Waals surface area contributed by atoms with E-state index in [1.165, 1.54) is 19.3 Å². The van der Waals surface area contributed by atoms with Gasteiger partial charge in [0.15, 0.2) is 5.78 Å². The topological polar surface area (TPSA) is 93.0 Å². The van der Waals surface area contributed by atoms with Crippen molar-refractivity contribution in [2.45, 2.75) is 51.4 Å². The Hall–Kier alpha value is -2.63. The molecule has 6 rings (SSSR count). The van der Waals surface area contributed by atoms with Gasteiger partial charge in [0.1, 0.15) is 5.41 Å². The first-order valence-corrected chi connectivity index (χ1v) is 10.9. The Labute approximate surface area is 176 Å². The summed E-state index contributed by atoms with van der Waals surface area (Å²) in [7, 11) is 0. The van der Waals surface area contributed by atoms with Crippen molar-refractivity contribution in [3.05, 3.63) is 54.4 Å². The summed E-state index contributed by atoms with van der Waals surface area (Å²) in [4.78, 5) is 39.7. The van der Waals surface area contributed by atoms with Crippen LogP contribution in [0.3, 0.4) is 0 Å². The van der Waals surface area contributed by atoms with Gasteiger partial charge in [-0.15, -0.1) is 0 Å². The lowest BCUT2D eigenvalue weighted by Gasteiger charge is -2.57. The molecule has 0 aromatic carbocycles. The van der Waals surface area contributed by atoms with Gasteiger partial charge in [0, 0.05) is 42.8 Å². The van der Waals surface area contributed by atoms with Gasteiger partial charge in [-0.3, -0.25) is 24.5 Å². The second kappa shape index (κ2) is 7.25. The van der Waals surface area contributed by atoms with Gasteiger partial charge >= 0.3 is 5.97 Å². The smallest absolute Gasteiger partial charge is 0.317 e. The lowest BCUT2D eigenvalue weighted by atomic mass is 9.46. The summed E-state index contributed by atoms with van der Waals surface area (Å²) < 4.78 is 0. The average Bonchev–Trinajstić information content (AvgIpc) is 2.73. The lowest BCUT2D eigenvalue weighted by Crippen LogP contribution is -2.57. The maximum Gasteiger partial charge on any atom is 0.317 e. The molecule has 0 amide bonds. The molecule has 2 aromatic rings. The largest absolute Gasteiger partial charge is 0.480 e. The molecule has 4 aliphatic carbocycles. The van der Waals surface area contributed by atoms with Crippen LogP contribution in [0.5, 0.6) is 0 Å². The van der Waals surface area contributed by atoms with Crippen LogP contribution in [0, 0.1) is 28.6 Å². The fourth-order valence-electron chi connectivity index (χ4n) is 6.95. The molecule has 1 unspecified atom stereocenters. The highest BCUT2D eigenvalue weighted by Crippen LogP contribution is 2.62. The Balaban J connectivity index is 1.57. The fourth-order valence-corrected chi connectivity index (χ4v) is 6.95. The third-order valence-corrected chi connectivity index (χ3v) is 7.72. The Morgan fingerprint density at radius 1 is 0.933 bits per heavy atom. The van der Waals surface area contributed by atoms with Gasteiger partial charge in [0.2, 0.25) is 0 Å². The van der Waals surface area contributed by atoms with Crippen LogP contribution in [-0.4, -0.2) is 31.8 Å². The second-order valence-electron chi connectivity index (χ2n) is 9.82. The molecule has 156 valence electrons. The first-order valence-electron chi connectivity index (χ1n) is 10.9. The third kappa shape index (κ3) is 3.22. The molecule has 0 aliphatic heterocycles. The Morgan fingerprint density at radius 3 is 2.10 bits per heavy atom. The SMILES string of the molecule is O=C(O)C(Cc1ccncc1)(Cc1cnccn1)C(=O)C12CC3CC(CC(C3)C1)C2. The maximum atomic E-state index is 14.3. The molecule has 30 heavy (non-hydrogen) atoms. The van der Waals surface area contributed by atoms with E-state index in [9.17, 15) is 14.7 Å². The minimum Gasteiger partial charge on any atom is -0.480 e. The Kier molecular flexibility index (Phi) is 4.68. The zero-order chi connectivity index (χ0) is 20.8. The number of carboxylic acid groups (broad SMARTS) is 1. The van der Waals surface area contributed by atoms with E-state index < -0.39 is 16.8 Å². The van der Waals surface area contributed by atoms with Crippen LogP contribution in [0.4, 0.5) is 0 Å². The summed E-state index contributed by atoms with van der Waals surface area (Å²) in [6.07, 6.45) is 14.4. The summed E-state index contributed by atoms with van der Waals surface area (Å²) in [5.41, 5.74) is -0.674. The van der Waals surface area contributed by atoms with E-state index in [1.54, 1.807) is 43.1 Å².